The summed E-state index contributed by atoms with van der Waals surface area (Å²) < 4.78 is 28.6. The SMILES string of the molecule is C=CCOc1ccc(C(C)(C)c2ccc(OCC(O)CCCCCOc3ccc(C(C)(C)c4ccc(OCC5CO5)cc4)cc3)cc2)cc1. The molecule has 1 saturated heterocycles. The molecule has 6 nitrogen and oxygen atoms in total. The molecular weight excluding hydrogens is 612 g/mol. The zero-order valence-electron chi connectivity index (χ0n) is 29.5. The van der Waals surface area contributed by atoms with E-state index in [9.17, 15) is 5.11 Å². The number of aliphatic hydroxyl groups excluding tert-OH is 1. The van der Waals surface area contributed by atoms with E-state index in [1.807, 2.05) is 36.4 Å². The third kappa shape index (κ3) is 10.4. The van der Waals surface area contributed by atoms with Crippen molar-refractivity contribution in [2.75, 3.05) is 33.0 Å². The molecule has 0 aliphatic carbocycles. The summed E-state index contributed by atoms with van der Waals surface area (Å²) in [5.74, 6) is 3.34. The summed E-state index contributed by atoms with van der Waals surface area (Å²) in [5, 5.41) is 10.5. The van der Waals surface area contributed by atoms with E-state index in [2.05, 4.69) is 94.9 Å². The summed E-state index contributed by atoms with van der Waals surface area (Å²) >= 11 is 0. The monoisotopic (exact) mass is 664 g/mol. The Bertz CT molecular complexity index is 1570. The Balaban J connectivity index is 0.967. The number of unbranched alkanes of at least 4 members (excludes halogenated alkanes) is 2. The van der Waals surface area contributed by atoms with Gasteiger partial charge in [0, 0.05) is 10.8 Å². The second-order valence-electron chi connectivity index (χ2n) is 13.9. The molecule has 0 amide bonds. The minimum absolute atomic E-state index is 0.142. The molecule has 260 valence electrons. The highest BCUT2D eigenvalue weighted by Gasteiger charge is 2.25. The molecule has 0 bridgehead atoms. The van der Waals surface area contributed by atoms with Gasteiger partial charge < -0.3 is 28.8 Å². The molecule has 0 saturated carbocycles. The predicted octanol–water partition coefficient (Wildman–Crippen LogP) is 9.06. The molecule has 1 aliphatic heterocycles. The van der Waals surface area contributed by atoms with E-state index in [4.69, 9.17) is 23.7 Å². The van der Waals surface area contributed by atoms with E-state index >= 15 is 0 Å². The van der Waals surface area contributed by atoms with Crippen LogP contribution in [0, 0.1) is 0 Å². The molecule has 0 spiro atoms. The summed E-state index contributed by atoms with van der Waals surface area (Å²) in [6.45, 7) is 15.4. The van der Waals surface area contributed by atoms with Gasteiger partial charge in [0.15, 0.2) is 0 Å². The van der Waals surface area contributed by atoms with Crippen LogP contribution in [0.3, 0.4) is 0 Å². The number of hydrogen-bond donors (Lipinski definition) is 1. The summed E-state index contributed by atoms with van der Waals surface area (Å²) in [6.07, 6.45) is 5.03. The van der Waals surface area contributed by atoms with E-state index in [0.29, 0.717) is 26.2 Å². The molecule has 6 heteroatoms. The Morgan fingerprint density at radius 2 is 1.08 bits per heavy atom. The molecule has 4 aromatic rings. The molecular formula is C43H52O6. The number of hydrogen-bond acceptors (Lipinski definition) is 6. The number of aliphatic hydroxyl groups is 1. The first-order valence-corrected chi connectivity index (χ1v) is 17.5. The molecule has 1 aliphatic rings. The van der Waals surface area contributed by atoms with Crippen molar-refractivity contribution in [2.45, 2.75) is 76.4 Å². The molecule has 2 atom stereocenters. The fourth-order valence-electron chi connectivity index (χ4n) is 5.84. The lowest BCUT2D eigenvalue weighted by atomic mass is 9.78. The largest absolute Gasteiger partial charge is 0.494 e. The first-order valence-electron chi connectivity index (χ1n) is 17.5. The van der Waals surface area contributed by atoms with Crippen molar-refractivity contribution in [3.8, 4) is 23.0 Å². The van der Waals surface area contributed by atoms with Crippen LogP contribution in [0.4, 0.5) is 0 Å². The van der Waals surface area contributed by atoms with Gasteiger partial charge in [0.2, 0.25) is 0 Å². The van der Waals surface area contributed by atoms with Crippen molar-refractivity contribution in [3.63, 3.8) is 0 Å². The maximum absolute atomic E-state index is 10.5. The second-order valence-corrected chi connectivity index (χ2v) is 13.9. The average Bonchev–Trinajstić information content (AvgIpc) is 3.96. The number of epoxide rings is 1. The van der Waals surface area contributed by atoms with Gasteiger partial charge in [0.1, 0.15) is 48.9 Å². The van der Waals surface area contributed by atoms with Crippen LogP contribution in [0.1, 0.15) is 75.6 Å². The van der Waals surface area contributed by atoms with E-state index in [1.165, 1.54) is 22.3 Å². The predicted molar refractivity (Wildman–Crippen MR) is 196 cm³/mol. The molecule has 0 aromatic heterocycles. The first kappa shape index (κ1) is 36.0. The summed E-state index contributed by atoms with van der Waals surface area (Å²) in [7, 11) is 0. The molecule has 5 rings (SSSR count). The van der Waals surface area contributed by atoms with Crippen molar-refractivity contribution < 1.29 is 28.8 Å². The minimum Gasteiger partial charge on any atom is -0.494 e. The fourth-order valence-corrected chi connectivity index (χ4v) is 5.84. The Kier molecular flexibility index (Phi) is 12.4. The third-order valence-corrected chi connectivity index (χ3v) is 9.40. The van der Waals surface area contributed by atoms with Crippen molar-refractivity contribution in [1.82, 2.24) is 0 Å². The van der Waals surface area contributed by atoms with Gasteiger partial charge in [-0.15, -0.1) is 0 Å². The lowest BCUT2D eigenvalue weighted by Gasteiger charge is -2.26. The molecule has 1 N–H and O–H groups in total. The third-order valence-electron chi connectivity index (χ3n) is 9.40. The number of rotatable bonds is 20. The van der Waals surface area contributed by atoms with Gasteiger partial charge >= 0.3 is 0 Å². The fraction of sp³-hybridized carbons (Fsp3) is 0.395. The zero-order chi connectivity index (χ0) is 34.7. The van der Waals surface area contributed by atoms with Gasteiger partial charge in [0.25, 0.3) is 0 Å². The van der Waals surface area contributed by atoms with Crippen molar-refractivity contribution in [3.05, 3.63) is 132 Å². The van der Waals surface area contributed by atoms with E-state index in [0.717, 1.165) is 48.9 Å². The summed E-state index contributed by atoms with van der Waals surface area (Å²) in [5.41, 5.74) is 4.54. The second kappa shape index (κ2) is 16.9. The lowest BCUT2D eigenvalue weighted by Crippen LogP contribution is -2.19. The van der Waals surface area contributed by atoms with Gasteiger partial charge in [-0.05, 0) is 90.0 Å². The van der Waals surface area contributed by atoms with Crippen LogP contribution in [-0.4, -0.2) is 50.3 Å². The molecule has 49 heavy (non-hydrogen) atoms. The molecule has 0 radical (unpaired) electrons. The average molecular weight is 665 g/mol. The lowest BCUT2D eigenvalue weighted by molar-refractivity contribution is 0.0971. The first-order chi connectivity index (χ1) is 23.6. The van der Waals surface area contributed by atoms with Gasteiger partial charge in [-0.2, -0.15) is 0 Å². The Morgan fingerprint density at radius 1 is 0.653 bits per heavy atom. The van der Waals surface area contributed by atoms with Crippen LogP contribution in [0.25, 0.3) is 0 Å². The summed E-state index contributed by atoms with van der Waals surface area (Å²) in [4.78, 5) is 0. The number of benzene rings is 4. The topological polar surface area (TPSA) is 69.7 Å². The van der Waals surface area contributed by atoms with Crippen molar-refractivity contribution >= 4 is 0 Å². The van der Waals surface area contributed by atoms with Gasteiger partial charge in [0.05, 0.1) is 19.3 Å². The summed E-state index contributed by atoms with van der Waals surface area (Å²) in [6, 6.07) is 33.1. The van der Waals surface area contributed by atoms with Crippen LogP contribution < -0.4 is 18.9 Å². The van der Waals surface area contributed by atoms with E-state index in [1.54, 1.807) is 6.08 Å². The van der Waals surface area contributed by atoms with Crippen molar-refractivity contribution in [1.29, 1.82) is 0 Å². The molecule has 1 fully saturated rings. The van der Waals surface area contributed by atoms with Crippen LogP contribution in [0.5, 0.6) is 23.0 Å². The smallest absolute Gasteiger partial charge is 0.119 e. The maximum atomic E-state index is 10.5. The van der Waals surface area contributed by atoms with Gasteiger partial charge in [-0.1, -0.05) is 95.3 Å². The minimum atomic E-state index is -0.504. The maximum Gasteiger partial charge on any atom is 0.119 e. The highest BCUT2D eigenvalue weighted by molar-refractivity contribution is 5.43. The van der Waals surface area contributed by atoms with Gasteiger partial charge in [-0.3, -0.25) is 0 Å². The number of ether oxygens (including phenoxy) is 5. The van der Waals surface area contributed by atoms with E-state index in [-0.39, 0.29) is 23.5 Å². The zero-order valence-corrected chi connectivity index (χ0v) is 29.5. The van der Waals surface area contributed by atoms with Gasteiger partial charge in [-0.25, -0.2) is 0 Å². The molecule has 4 aromatic carbocycles. The van der Waals surface area contributed by atoms with E-state index < -0.39 is 6.10 Å². The Morgan fingerprint density at radius 3 is 1.53 bits per heavy atom. The normalized spacial score (nSPS) is 14.9. The highest BCUT2D eigenvalue weighted by Crippen LogP contribution is 2.35. The highest BCUT2D eigenvalue weighted by atomic mass is 16.6. The van der Waals surface area contributed by atoms with Crippen LogP contribution >= 0.6 is 0 Å². The van der Waals surface area contributed by atoms with Crippen molar-refractivity contribution in [2.24, 2.45) is 0 Å². The van der Waals surface area contributed by atoms with Crippen LogP contribution in [0.15, 0.2) is 110 Å². The Hall–Kier alpha value is -4.26. The molecule has 2 unspecified atom stereocenters. The standard InChI is InChI=1S/C43H52O6/c1-6-27-45-37-19-11-32(12-20-37)42(2,3)34-15-23-39(24-16-34)47-29-36(44)10-8-7-9-28-46-38-21-13-33(14-22-38)43(4,5)35-17-25-40(26-18-35)48-30-41-31-49-41/h6,11-26,36,41,44H,1,7-10,27-31H2,2-5H3. The quantitative estimate of drug-likeness (QED) is 0.0578. The van der Waals surface area contributed by atoms with Crippen LogP contribution in [0.2, 0.25) is 0 Å². The van der Waals surface area contributed by atoms with Crippen LogP contribution in [-0.2, 0) is 15.6 Å². The Labute approximate surface area is 292 Å². The molecule has 1 heterocycles.